The van der Waals surface area contributed by atoms with E-state index in [2.05, 4.69) is 23.6 Å². The van der Waals surface area contributed by atoms with E-state index in [1.807, 2.05) is 19.1 Å². The van der Waals surface area contributed by atoms with Crippen LogP contribution in [0, 0.1) is 13.8 Å². The first-order chi connectivity index (χ1) is 8.93. The van der Waals surface area contributed by atoms with E-state index in [-0.39, 0.29) is 11.2 Å². The zero-order valence-corrected chi connectivity index (χ0v) is 12.6. The van der Waals surface area contributed by atoms with Crippen molar-refractivity contribution in [3.63, 3.8) is 0 Å². The topological polar surface area (TPSA) is 58.2 Å². The van der Waals surface area contributed by atoms with Gasteiger partial charge in [-0.2, -0.15) is 0 Å². The van der Waals surface area contributed by atoms with Crippen LogP contribution < -0.4 is 10.6 Å². The molecular formula is C14H20N2O2S. The van der Waals surface area contributed by atoms with Crippen molar-refractivity contribution >= 4 is 23.7 Å². The summed E-state index contributed by atoms with van der Waals surface area (Å²) >= 11 is 1.44. The van der Waals surface area contributed by atoms with Crippen LogP contribution in [0.3, 0.4) is 0 Å². The van der Waals surface area contributed by atoms with E-state index in [1.54, 1.807) is 13.8 Å². The Bertz CT molecular complexity index is 475. The van der Waals surface area contributed by atoms with E-state index in [9.17, 15) is 9.59 Å². The second kappa shape index (κ2) is 7.19. The highest BCUT2D eigenvalue weighted by Crippen LogP contribution is 2.25. The molecule has 0 spiro atoms. The van der Waals surface area contributed by atoms with Gasteiger partial charge in [0.15, 0.2) is 0 Å². The van der Waals surface area contributed by atoms with Gasteiger partial charge in [0, 0.05) is 11.4 Å². The lowest BCUT2D eigenvalue weighted by atomic mass is 10.1. The molecule has 1 aromatic carbocycles. The molecule has 4 nitrogen and oxygen atoms in total. The van der Waals surface area contributed by atoms with Crippen molar-refractivity contribution in [3.8, 4) is 0 Å². The summed E-state index contributed by atoms with van der Waals surface area (Å²) in [4.78, 5) is 24.1. The highest BCUT2D eigenvalue weighted by Gasteiger charge is 2.16. The van der Waals surface area contributed by atoms with Gasteiger partial charge in [-0.3, -0.25) is 10.1 Å². The van der Waals surface area contributed by atoms with Gasteiger partial charge in [0.05, 0.1) is 5.25 Å². The van der Waals surface area contributed by atoms with E-state index >= 15 is 0 Å². The van der Waals surface area contributed by atoms with Gasteiger partial charge in [0.25, 0.3) is 0 Å². The number of urea groups is 1. The summed E-state index contributed by atoms with van der Waals surface area (Å²) in [6.45, 7) is 8.18. The number of carbonyl (C=O) groups excluding carboxylic acids is 2. The van der Waals surface area contributed by atoms with Gasteiger partial charge in [-0.15, -0.1) is 11.8 Å². The highest BCUT2D eigenvalue weighted by atomic mass is 32.2. The Labute approximate surface area is 118 Å². The predicted octanol–water partition coefficient (Wildman–Crippen LogP) is 2.63. The quantitative estimate of drug-likeness (QED) is 0.834. The van der Waals surface area contributed by atoms with Crippen molar-refractivity contribution in [3.05, 3.63) is 29.3 Å². The van der Waals surface area contributed by atoms with Gasteiger partial charge in [0.2, 0.25) is 5.91 Å². The molecule has 1 atom stereocenters. The molecule has 0 saturated carbocycles. The van der Waals surface area contributed by atoms with Crippen molar-refractivity contribution < 1.29 is 9.59 Å². The van der Waals surface area contributed by atoms with Crippen LogP contribution in [0.2, 0.25) is 0 Å². The summed E-state index contributed by atoms with van der Waals surface area (Å²) in [6, 6.07) is 5.63. The summed E-state index contributed by atoms with van der Waals surface area (Å²) in [5.74, 6) is -0.283. The fraction of sp³-hybridized carbons (Fsp3) is 0.429. The smallest absolute Gasteiger partial charge is 0.321 e. The third-order valence-corrected chi connectivity index (χ3v) is 3.83. The number of aryl methyl sites for hydroxylation is 2. The minimum atomic E-state index is -0.444. The predicted molar refractivity (Wildman–Crippen MR) is 78.5 cm³/mol. The van der Waals surface area contributed by atoms with Gasteiger partial charge >= 0.3 is 6.03 Å². The molecule has 0 radical (unpaired) electrons. The Hall–Kier alpha value is -1.49. The van der Waals surface area contributed by atoms with Crippen molar-refractivity contribution in [2.45, 2.75) is 37.8 Å². The molecule has 0 aliphatic carbocycles. The average molecular weight is 280 g/mol. The molecule has 0 fully saturated rings. The summed E-state index contributed by atoms with van der Waals surface area (Å²) in [5.41, 5.74) is 2.42. The normalized spacial score (nSPS) is 11.8. The van der Waals surface area contributed by atoms with Crippen LogP contribution >= 0.6 is 11.8 Å². The largest absolute Gasteiger partial charge is 0.338 e. The van der Waals surface area contributed by atoms with E-state index < -0.39 is 6.03 Å². The Balaban J connectivity index is 2.58. The summed E-state index contributed by atoms with van der Waals surface area (Å²) in [7, 11) is 0. The fourth-order valence-corrected chi connectivity index (χ4v) is 2.43. The van der Waals surface area contributed by atoms with Crippen LogP contribution in [-0.2, 0) is 4.79 Å². The van der Waals surface area contributed by atoms with Crippen molar-refractivity contribution in [2.24, 2.45) is 0 Å². The lowest BCUT2D eigenvalue weighted by Crippen LogP contribution is -2.42. The van der Waals surface area contributed by atoms with Crippen molar-refractivity contribution in [1.29, 1.82) is 0 Å². The maximum atomic E-state index is 11.8. The molecule has 0 unspecified atom stereocenters. The average Bonchev–Trinajstić information content (AvgIpc) is 2.34. The first kappa shape index (κ1) is 15.6. The lowest BCUT2D eigenvalue weighted by molar-refractivity contribution is -0.119. The van der Waals surface area contributed by atoms with Crippen LogP contribution in [-0.4, -0.2) is 23.7 Å². The summed E-state index contributed by atoms with van der Waals surface area (Å²) in [6.07, 6.45) is 0. The Morgan fingerprint density at radius 3 is 2.53 bits per heavy atom. The first-order valence-electron chi connectivity index (χ1n) is 6.26. The highest BCUT2D eigenvalue weighted by molar-refractivity contribution is 8.00. The first-order valence-corrected chi connectivity index (χ1v) is 7.14. The molecule has 1 aromatic rings. The Morgan fingerprint density at radius 2 is 1.95 bits per heavy atom. The van der Waals surface area contributed by atoms with E-state index in [0.29, 0.717) is 6.54 Å². The standard InChI is InChI=1S/C14H20N2O2S/c1-5-15-14(18)16-13(17)11(4)19-12-7-6-9(2)10(3)8-12/h6-8,11H,5H2,1-4H3,(H2,15,16,17,18)/t11-/m0/s1. The molecule has 0 aromatic heterocycles. The maximum Gasteiger partial charge on any atom is 0.321 e. The summed E-state index contributed by atoms with van der Waals surface area (Å²) < 4.78 is 0. The van der Waals surface area contributed by atoms with E-state index in [0.717, 1.165) is 4.90 Å². The maximum absolute atomic E-state index is 11.8. The van der Waals surface area contributed by atoms with Crippen LogP contribution in [0.4, 0.5) is 4.79 Å². The minimum absolute atomic E-state index is 0.283. The second-order valence-electron chi connectivity index (χ2n) is 4.35. The van der Waals surface area contributed by atoms with Crippen LogP contribution in [0.5, 0.6) is 0 Å². The van der Waals surface area contributed by atoms with E-state index in [1.165, 1.54) is 22.9 Å². The molecule has 0 bridgehead atoms. The molecular weight excluding hydrogens is 260 g/mol. The number of hydrogen-bond donors (Lipinski definition) is 2. The number of carbonyl (C=O) groups is 2. The van der Waals surface area contributed by atoms with Gasteiger partial charge in [-0.1, -0.05) is 6.07 Å². The number of thioether (sulfide) groups is 1. The third kappa shape index (κ3) is 4.95. The molecule has 5 heteroatoms. The van der Waals surface area contributed by atoms with Crippen LogP contribution in [0.1, 0.15) is 25.0 Å². The molecule has 19 heavy (non-hydrogen) atoms. The van der Waals surface area contributed by atoms with E-state index in [4.69, 9.17) is 0 Å². The van der Waals surface area contributed by atoms with Gasteiger partial charge in [-0.05, 0) is 51.0 Å². The number of imide groups is 1. The van der Waals surface area contributed by atoms with Crippen molar-refractivity contribution in [2.75, 3.05) is 6.54 Å². The monoisotopic (exact) mass is 280 g/mol. The van der Waals surface area contributed by atoms with Crippen molar-refractivity contribution in [1.82, 2.24) is 10.6 Å². The number of amides is 3. The SMILES string of the molecule is CCNC(=O)NC(=O)[C@H](C)Sc1ccc(C)c(C)c1. The molecule has 104 valence electrons. The van der Waals surface area contributed by atoms with Crippen LogP contribution in [0.15, 0.2) is 23.1 Å². The molecule has 0 saturated heterocycles. The van der Waals surface area contributed by atoms with Crippen LogP contribution in [0.25, 0.3) is 0 Å². The summed E-state index contributed by atoms with van der Waals surface area (Å²) in [5, 5.41) is 4.53. The molecule has 2 N–H and O–H groups in total. The molecule has 3 amide bonds. The molecule has 0 aliphatic heterocycles. The zero-order chi connectivity index (χ0) is 14.4. The minimum Gasteiger partial charge on any atom is -0.338 e. The molecule has 0 heterocycles. The zero-order valence-electron chi connectivity index (χ0n) is 11.7. The molecule has 1 rings (SSSR count). The van der Waals surface area contributed by atoms with Gasteiger partial charge < -0.3 is 5.32 Å². The van der Waals surface area contributed by atoms with Gasteiger partial charge in [0.1, 0.15) is 0 Å². The number of benzene rings is 1. The second-order valence-corrected chi connectivity index (χ2v) is 5.77. The lowest BCUT2D eigenvalue weighted by Gasteiger charge is -2.12. The number of nitrogens with one attached hydrogen (secondary N) is 2. The third-order valence-electron chi connectivity index (χ3n) is 2.73. The number of rotatable bonds is 4. The fourth-order valence-electron chi connectivity index (χ4n) is 1.46. The number of hydrogen-bond acceptors (Lipinski definition) is 3. The van der Waals surface area contributed by atoms with Gasteiger partial charge in [-0.25, -0.2) is 4.79 Å². The Kier molecular flexibility index (Phi) is 5.89. The Morgan fingerprint density at radius 1 is 1.26 bits per heavy atom. The molecule has 0 aliphatic rings.